The zero-order valence-electron chi connectivity index (χ0n) is 7.50. The highest BCUT2D eigenvalue weighted by molar-refractivity contribution is 9.10. The number of rotatable bonds is 1. The van der Waals surface area contributed by atoms with Gasteiger partial charge in [-0.25, -0.2) is 4.79 Å². The lowest BCUT2D eigenvalue weighted by Gasteiger charge is -2.08. The summed E-state index contributed by atoms with van der Waals surface area (Å²) < 4.78 is 6.14. The molecule has 1 saturated heterocycles. The number of cyclic esters (lactones) is 1. The highest BCUT2D eigenvalue weighted by atomic mass is 79.9. The summed E-state index contributed by atoms with van der Waals surface area (Å²) in [4.78, 5) is 11.1. The maximum atomic E-state index is 11.1. The van der Waals surface area contributed by atoms with Crippen molar-refractivity contribution in [3.63, 3.8) is 0 Å². The highest BCUT2D eigenvalue weighted by Crippen LogP contribution is 2.32. The summed E-state index contributed by atoms with van der Waals surface area (Å²) >= 11 is 3.38. The molecule has 2 nitrogen and oxygen atoms in total. The van der Waals surface area contributed by atoms with E-state index in [0.29, 0.717) is 12.0 Å². The predicted octanol–water partition coefficient (Wildman–Crippen LogP) is 2.99. The van der Waals surface area contributed by atoms with Crippen LogP contribution < -0.4 is 0 Å². The number of halogens is 1. The monoisotopic (exact) mass is 252 g/mol. The van der Waals surface area contributed by atoms with E-state index in [1.807, 2.05) is 24.3 Å². The van der Waals surface area contributed by atoms with Gasteiger partial charge in [0, 0.05) is 16.5 Å². The minimum atomic E-state index is -0.282. The van der Waals surface area contributed by atoms with Crippen molar-refractivity contribution in [3.05, 3.63) is 46.5 Å². The Kier molecular flexibility index (Phi) is 2.42. The van der Waals surface area contributed by atoms with Crippen molar-refractivity contribution in [1.29, 1.82) is 0 Å². The van der Waals surface area contributed by atoms with Crippen LogP contribution in [0.5, 0.6) is 0 Å². The normalized spacial score (nSPS) is 21.1. The van der Waals surface area contributed by atoms with Crippen LogP contribution in [0.3, 0.4) is 0 Å². The number of hydrogen-bond acceptors (Lipinski definition) is 2. The lowest BCUT2D eigenvalue weighted by molar-refractivity contribution is -0.139. The number of ether oxygens (including phenoxy) is 1. The first-order valence-corrected chi connectivity index (χ1v) is 5.10. The number of benzene rings is 1. The molecule has 0 amide bonds. The fraction of sp³-hybridized carbons (Fsp3) is 0.182. The Morgan fingerprint density at radius 3 is 2.86 bits per heavy atom. The molecule has 1 aromatic rings. The first kappa shape index (κ1) is 9.46. The first-order valence-electron chi connectivity index (χ1n) is 4.31. The predicted molar refractivity (Wildman–Crippen MR) is 56.7 cm³/mol. The molecule has 1 aromatic carbocycles. The van der Waals surface area contributed by atoms with E-state index in [1.54, 1.807) is 0 Å². The number of esters is 1. The third-order valence-corrected chi connectivity index (χ3v) is 2.68. The average molecular weight is 253 g/mol. The Morgan fingerprint density at radius 2 is 2.29 bits per heavy atom. The molecule has 1 heterocycles. The smallest absolute Gasteiger partial charge is 0.334 e. The third-order valence-electron chi connectivity index (χ3n) is 2.19. The topological polar surface area (TPSA) is 26.3 Å². The second kappa shape index (κ2) is 3.58. The van der Waals surface area contributed by atoms with Gasteiger partial charge in [-0.05, 0) is 17.7 Å². The number of carbonyl (C=O) groups is 1. The van der Waals surface area contributed by atoms with Gasteiger partial charge in [-0.2, -0.15) is 0 Å². The van der Waals surface area contributed by atoms with Gasteiger partial charge in [-0.1, -0.05) is 34.6 Å². The lowest BCUT2D eigenvalue weighted by atomic mass is 10.1. The number of hydrogen-bond donors (Lipinski definition) is 0. The molecule has 1 aliphatic rings. The van der Waals surface area contributed by atoms with E-state index in [9.17, 15) is 4.79 Å². The molecule has 1 aliphatic heterocycles. The molecule has 1 fully saturated rings. The molecule has 0 saturated carbocycles. The minimum absolute atomic E-state index is 0.160. The molecular formula is C11H9BrO2. The Balaban J connectivity index is 2.25. The Morgan fingerprint density at radius 1 is 1.50 bits per heavy atom. The maximum absolute atomic E-state index is 11.1. The van der Waals surface area contributed by atoms with Gasteiger partial charge in [0.2, 0.25) is 0 Å². The van der Waals surface area contributed by atoms with E-state index < -0.39 is 0 Å². The van der Waals surface area contributed by atoms with Crippen LogP contribution in [0, 0.1) is 0 Å². The van der Waals surface area contributed by atoms with Gasteiger partial charge < -0.3 is 4.74 Å². The minimum Gasteiger partial charge on any atom is -0.454 e. The molecule has 72 valence electrons. The first-order chi connectivity index (χ1) is 6.66. The van der Waals surface area contributed by atoms with E-state index in [1.165, 1.54) is 0 Å². The molecule has 1 atom stereocenters. The van der Waals surface area contributed by atoms with Crippen molar-refractivity contribution in [2.45, 2.75) is 12.5 Å². The van der Waals surface area contributed by atoms with Crippen molar-refractivity contribution >= 4 is 21.9 Å². The van der Waals surface area contributed by atoms with Crippen LogP contribution in [-0.2, 0) is 9.53 Å². The van der Waals surface area contributed by atoms with Crippen LogP contribution in [0.1, 0.15) is 18.1 Å². The summed E-state index contributed by atoms with van der Waals surface area (Å²) in [7, 11) is 0. The Bertz CT molecular complexity index is 382. The summed E-state index contributed by atoms with van der Waals surface area (Å²) in [5, 5.41) is 0. The summed E-state index contributed by atoms with van der Waals surface area (Å²) in [5.41, 5.74) is 1.56. The van der Waals surface area contributed by atoms with E-state index in [2.05, 4.69) is 22.5 Å². The van der Waals surface area contributed by atoms with E-state index in [0.717, 1.165) is 10.0 Å². The average Bonchev–Trinajstić information content (AvgIpc) is 2.47. The summed E-state index contributed by atoms with van der Waals surface area (Å²) in [5.74, 6) is -0.282. The van der Waals surface area contributed by atoms with Gasteiger partial charge >= 0.3 is 5.97 Å². The van der Waals surface area contributed by atoms with Gasteiger partial charge in [0.15, 0.2) is 0 Å². The van der Waals surface area contributed by atoms with Crippen LogP contribution in [0.2, 0.25) is 0 Å². The fourth-order valence-electron chi connectivity index (χ4n) is 1.45. The standard InChI is InChI=1S/C11H9BrO2/c1-7-5-10(14-11(7)13)8-3-2-4-9(12)6-8/h2-4,6,10H,1,5H2. The van der Waals surface area contributed by atoms with Gasteiger partial charge in [-0.15, -0.1) is 0 Å². The van der Waals surface area contributed by atoms with Crippen LogP contribution in [0.15, 0.2) is 40.9 Å². The molecule has 2 rings (SSSR count). The molecular weight excluding hydrogens is 244 g/mol. The maximum Gasteiger partial charge on any atom is 0.334 e. The van der Waals surface area contributed by atoms with Crippen molar-refractivity contribution in [2.75, 3.05) is 0 Å². The molecule has 3 heteroatoms. The van der Waals surface area contributed by atoms with Crippen molar-refractivity contribution in [3.8, 4) is 0 Å². The summed E-state index contributed by atoms with van der Waals surface area (Å²) in [6.07, 6.45) is 0.433. The molecule has 0 N–H and O–H groups in total. The van der Waals surface area contributed by atoms with Crippen LogP contribution >= 0.6 is 15.9 Å². The van der Waals surface area contributed by atoms with Gasteiger partial charge in [0.25, 0.3) is 0 Å². The zero-order chi connectivity index (χ0) is 10.1. The van der Waals surface area contributed by atoms with Crippen LogP contribution in [0.4, 0.5) is 0 Å². The van der Waals surface area contributed by atoms with Crippen molar-refractivity contribution in [2.24, 2.45) is 0 Å². The van der Waals surface area contributed by atoms with Gasteiger partial charge in [0.1, 0.15) is 6.10 Å². The quantitative estimate of drug-likeness (QED) is 0.568. The second-order valence-electron chi connectivity index (χ2n) is 3.26. The molecule has 0 spiro atoms. The molecule has 1 unspecified atom stereocenters. The lowest BCUT2D eigenvalue weighted by Crippen LogP contribution is -1.98. The third kappa shape index (κ3) is 1.73. The van der Waals surface area contributed by atoms with Crippen molar-refractivity contribution in [1.82, 2.24) is 0 Å². The molecule has 0 aliphatic carbocycles. The van der Waals surface area contributed by atoms with Crippen molar-refractivity contribution < 1.29 is 9.53 Å². The summed E-state index contributed by atoms with van der Waals surface area (Å²) in [6.45, 7) is 3.65. The summed E-state index contributed by atoms with van der Waals surface area (Å²) in [6, 6.07) is 7.77. The zero-order valence-corrected chi connectivity index (χ0v) is 9.08. The number of carbonyl (C=O) groups excluding carboxylic acids is 1. The fourth-order valence-corrected chi connectivity index (χ4v) is 1.87. The largest absolute Gasteiger partial charge is 0.454 e. The van der Waals surface area contributed by atoms with E-state index in [-0.39, 0.29) is 12.1 Å². The Labute approximate surface area is 90.7 Å². The van der Waals surface area contributed by atoms with E-state index in [4.69, 9.17) is 4.74 Å². The Hall–Kier alpha value is -1.09. The van der Waals surface area contributed by atoms with Gasteiger partial charge in [0.05, 0.1) is 0 Å². The second-order valence-corrected chi connectivity index (χ2v) is 4.17. The SMILES string of the molecule is C=C1CC(c2cccc(Br)c2)OC1=O. The molecule has 14 heavy (non-hydrogen) atoms. The van der Waals surface area contributed by atoms with Crippen LogP contribution in [-0.4, -0.2) is 5.97 Å². The van der Waals surface area contributed by atoms with Gasteiger partial charge in [-0.3, -0.25) is 0 Å². The highest BCUT2D eigenvalue weighted by Gasteiger charge is 2.28. The van der Waals surface area contributed by atoms with Crippen LogP contribution in [0.25, 0.3) is 0 Å². The molecule has 0 bridgehead atoms. The molecule has 0 aromatic heterocycles. The van der Waals surface area contributed by atoms with E-state index >= 15 is 0 Å². The molecule has 0 radical (unpaired) electrons.